The summed E-state index contributed by atoms with van der Waals surface area (Å²) in [6.45, 7) is 0. The zero-order valence-corrected chi connectivity index (χ0v) is 30.6. The maximum absolute atomic E-state index is 6.24. The van der Waals surface area contributed by atoms with Crippen LogP contribution in [0.25, 0.3) is 86.3 Å². The molecule has 0 unspecified atom stereocenters. The lowest BCUT2D eigenvalue weighted by atomic mass is 9.96. The number of benzene rings is 9. The fourth-order valence-electron chi connectivity index (χ4n) is 8.25. The summed E-state index contributed by atoms with van der Waals surface area (Å²) in [5.41, 5.74) is 12.1. The van der Waals surface area contributed by atoms with Crippen LogP contribution in [0.3, 0.4) is 0 Å². The van der Waals surface area contributed by atoms with Gasteiger partial charge in [0.2, 0.25) is 0 Å². The Labute approximate surface area is 322 Å². The molecular weight excluding hydrogens is 687 g/mol. The highest BCUT2D eigenvalue weighted by Gasteiger charge is 2.20. The Hall–Kier alpha value is -6.94. The lowest BCUT2D eigenvalue weighted by Crippen LogP contribution is -2.11. The first-order valence-corrected chi connectivity index (χ1v) is 19.5. The summed E-state index contributed by atoms with van der Waals surface area (Å²) >= 11 is 1.86. The number of hydrogen-bond donors (Lipinski definition) is 0. The van der Waals surface area contributed by atoms with Crippen molar-refractivity contribution in [3.05, 3.63) is 200 Å². The second kappa shape index (κ2) is 12.9. The molecule has 0 aliphatic carbocycles. The largest absolute Gasteiger partial charge is 0.456 e. The number of anilines is 3. The molecule has 0 N–H and O–H groups in total. The van der Waals surface area contributed by atoms with Gasteiger partial charge in [-0.15, -0.1) is 11.3 Å². The van der Waals surface area contributed by atoms with Gasteiger partial charge in [-0.2, -0.15) is 0 Å². The Morgan fingerprint density at radius 3 is 1.84 bits per heavy atom. The number of fused-ring (bicyclic) bond motifs is 7. The molecule has 11 aromatic rings. The molecule has 11 rings (SSSR count). The van der Waals surface area contributed by atoms with Crippen molar-refractivity contribution in [3.63, 3.8) is 0 Å². The third kappa shape index (κ3) is 5.40. The van der Waals surface area contributed by atoms with Gasteiger partial charge in [-0.05, 0) is 105 Å². The first kappa shape index (κ1) is 31.6. The van der Waals surface area contributed by atoms with Crippen LogP contribution in [0.2, 0.25) is 0 Å². The van der Waals surface area contributed by atoms with E-state index in [9.17, 15) is 0 Å². The number of furan rings is 1. The minimum absolute atomic E-state index is 0.894. The van der Waals surface area contributed by atoms with Gasteiger partial charge in [0.25, 0.3) is 0 Å². The summed E-state index contributed by atoms with van der Waals surface area (Å²) in [6, 6.07) is 72.4. The summed E-state index contributed by atoms with van der Waals surface area (Å²) in [5, 5.41) is 7.33. The Bertz CT molecular complexity index is 3240. The van der Waals surface area contributed by atoms with Crippen molar-refractivity contribution in [2.24, 2.45) is 0 Å². The zero-order valence-electron chi connectivity index (χ0n) is 29.8. The summed E-state index contributed by atoms with van der Waals surface area (Å²) in [4.78, 5) is 2.42. The first-order chi connectivity index (χ1) is 27.2. The monoisotopic (exact) mass is 719 g/mol. The van der Waals surface area contributed by atoms with Crippen molar-refractivity contribution in [1.29, 1.82) is 0 Å². The van der Waals surface area contributed by atoms with E-state index < -0.39 is 0 Å². The van der Waals surface area contributed by atoms with Gasteiger partial charge in [0.05, 0.1) is 5.69 Å². The van der Waals surface area contributed by atoms with Crippen LogP contribution >= 0.6 is 11.3 Å². The Morgan fingerprint density at radius 1 is 0.345 bits per heavy atom. The maximum atomic E-state index is 6.24. The van der Waals surface area contributed by atoms with E-state index in [2.05, 4.69) is 193 Å². The van der Waals surface area contributed by atoms with E-state index in [1.54, 1.807) is 0 Å². The molecule has 0 bridgehead atoms. The number of hydrogen-bond acceptors (Lipinski definition) is 3. The molecule has 2 aromatic heterocycles. The van der Waals surface area contributed by atoms with E-state index in [1.807, 2.05) is 23.5 Å². The highest BCUT2D eigenvalue weighted by molar-refractivity contribution is 7.25. The molecule has 2 heterocycles. The van der Waals surface area contributed by atoms with Crippen LogP contribution in [0.4, 0.5) is 17.1 Å². The summed E-state index contributed by atoms with van der Waals surface area (Å²) < 4.78 is 8.86. The lowest BCUT2D eigenvalue weighted by molar-refractivity contribution is 0.669. The van der Waals surface area contributed by atoms with E-state index in [-0.39, 0.29) is 0 Å². The van der Waals surface area contributed by atoms with Crippen LogP contribution in [-0.4, -0.2) is 0 Å². The van der Waals surface area contributed by atoms with Crippen molar-refractivity contribution in [1.82, 2.24) is 0 Å². The molecule has 0 spiro atoms. The van der Waals surface area contributed by atoms with Gasteiger partial charge in [0.1, 0.15) is 11.2 Å². The molecule has 0 saturated heterocycles. The van der Waals surface area contributed by atoms with Crippen molar-refractivity contribution < 1.29 is 4.42 Å². The van der Waals surface area contributed by atoms with Crippen LogP contribution in [0.1, 0.15) is 0 Å². The number of rotatable bonds is 6. The second-order valence-electron chi connectivity index (χ2n) is 14.1. The van der Waals surface area contributed by atoms with E-state index >= 15 is 0 Å². The molecule has 0 atom stereocenters. The number of para-hydroxylation sites is 2. The molecule has 0 radical (unpaired) electrons. The zero-order chi connectivity index (χ0) is 36.3. The fourth-order valence-corrected chi connectivity index (χ4v) is 9.34. The Morgan fingerprint density at radius 2 is 0.927 bits per heavy atom. The molecule has 0 saturated carbocycles. The van der Waals surface area contributed by atoms with Gasteiger partial charge < -0.3 is 9.32 Å². The van der Waals surface area contributed by atoms with Crippen LogP contribution in [0.15, 0.2) is 205 Å². The fraction of sp³-hybridized carbons (Fsp3) is 0. The van der Waals surface area contributed by atoms with E-state index in [1.165, 1.54) is 53.2 Å². The predicted octanol–water partition coefficient (Wildman–Crippen LogP) is 15.6. The average molecular weight is 720 g/mol. The molecule has 0 fully saturated rings. The quantitative estimate of drug-likeness (QED) is 0.170. The average Bonchev–Trinajstić information content (AvgIpc) is 3.82. The molecule has 55 heavy (non-hydrogen) atoms. The SMILES string of the molecule is c1cc(-c2ccc3sc4ccccc4c3c2)cc(N(c2cccc(-c3cccc4ccccc34)c2)c2ccccc2-c2ccc3oc4ccccc4c3c2)c1. The van der Waals surface area contributed by atoms with Crippen molar-refractivity contribution in [3.8, 4) is 33.4 Å². The molecular formula is C52H33NOS. The van der Waals surface area contributed by atoms with Gasteiger partial charge in [-0.3, -0.25) is 0 Å². The minimum Gasteiger partial charge on any atom is -0.456 e. The van der Waals surface area contributed by atoms with E-state index in [0.29, 0.717) is 0 Å². The van der Waals surface area contributed by atoms with Crippen molar-refractivity contribution >= 4 is 81.3 Å². The van der Waals surface area contributed by atoms with Crippen LogP contribution in [0, 0.1) is 0 Å². The molecule has 0 aliphatic heterocycles. The lowest BCUT2D eigenvalue weighted by Gasteiger charge is -2.29. The normalized spacial score (nSPS) is 11.6. The van der Waals surface area contributed by atoms with Crippen LogP contribution in [-0.2, 0) is 0 Å². The van der Waals surface area contributed by atoms with Crippen LogP contribution in [0.5, 0.6) is 0 Å². The molecule has 0 amide bonds. The highest BCUT2D eigenvalue weighted by atomic mass is 32.1. The molecule has 258 valence electrons. The smallest absolute Gasteiger partial charge is 0.135 e. The molecule has 0 aliphatic rings. The van der Waals surface area contributed by atoms with Crippen molar-refractivity contribution in [2.75, 3.05) is 4.90 Å². The summed E-state index contributed by atoms with van der Waals surface area (Å²) in [6.07, 6.45) is 0. The number of thiophene rings is 1. The number of nitrogens with zero attached hydrogens (tertiary/aromatic N) is 1. The first-order valence-electron chi connectivity index (χ1n) is 18.7. The highest BCUT2D eigenvalue weighted by Crippen LogP contribution is 2.45. The third-order valence-corrected chi connectivity index (χ3v) is 12.0. The second-order valence-corrected chi connectivity index (χ2v) is 15.2. The standard InChI is InChI=1S/C52H33NOS/c1-2-18-41-34(12-1)13-11-22-42(41)37-15-10-17-40(31-37)53(39-16-9-14-35(30-39)36-27-29-52-47(32-36)45-21-5-8-25-51(45)55-52)48-23-6-3-19-43(48)38-26-28-50-46(33-38)44-20-4-7-24-49(44)54-50/h1-33H. The summed E-state index contributed by atoms with van der Waals surface area (Å²) in [5.74, 6) is 0. The van der Waals surface area contributed by atoms with Crippen molar-refractivity contribution in [2.45, 2.75) is 0 Å². The molecule has 2 nitrogen and oxygen atoms in total. The van der Waals surface area contributed by atoms with Gasteiger partial charge in [0.15, 0.2) is 0 Å². The molecule has 3 heteroatoms. The summed E-state index contributed by atoms with van der Waals surface area (Å²) in [7, 11) is 0. The van der Waals surface area contributed by atoms with E-state index in [4.69, 9.17) is 4.42 Å². The maximum Gasteiger partial charge on any atom is 0.135 e. The predicted molar refractivity (Wildman–Crippen MR) is 235 cm³/mol. The van der Waals surface area contributed by atoms with Gasteiger partial charge >= 0.3 is 0 Å². The van der Waals surface area contributed by atoms with Gasteiger partial charge in [-0.1, -0.05) is 133 Å². The van der Waals surface area contributed by atoms with Crippen LogP contribution < -0.4 is 4.90 Å². The van der Waals surface area contributed by atoms with Gasteiger partial charge in [0, 0.05) is 47.9 Å². The Kier molecular flexibility index (Phi) is 7.39. The van der Waals surface area contributed by atoms with Gasteiger partial charge in [-0.25, -0.2) is 0 Å². The topological polar surface area (TPSA) is 16.4 Å². The third-order valence-electron chi connectivity index (χ3n) is 10.9. The van der Waals surface area contributed by atoms with E-state index in [0.717, 1.165) is 50.1 Å². The Balaban J connectivity index is 1.11. The molecule has 9 aromatic carbocycles. The minimum atomic E-state index is 0.894.